The summed E-state index contributed by atoms with van der Waals surface area (Å²) < 4.78 is 49.0. The van der Waals surface area contributed by atoms with Crippen LogP contribution in [0, 0.1) is 0 Å². The average molecular weight is 398 g/mol. The van der Waals surface area contributed by atoms with E-state index in [1.165, 1.54) is 0 Å². The largest absolute Gasteiger partial charge is 0.453 e. The van der Waals surface area contributed by atoms with Gasteiger partial charge in [-0.1, -0.05) is 13.3 Å². The molecular formula is C15H26O10S. The molecule has 0 aromatic heterocycles. The lowest BCUT2D eigenvalue weighted by Gasteiger charge is -2.32. The van der Waals surface area contributed by atoms with Gasteiger partial charge in [0.2, 0.25) is 6.29 Å². The zero-order chi connectivity index (χ0) is 20.0. The summed E-state index contributed by atoms with van der Waals surface area (Å²) in [6, 6.07) is 0. The second-order valence-corrected chi connectivity index (χ2v) is 7.65. The fraction of sp³-hybridized carbons (Fsp3) is 0.867. The Bertz CT molecular complexity index is 589. The van der Waals surface area contributed by atoms with Crippen molar-refractivity contribution >= 4 is 22.1 Å². The Kier molecular flexibility index (Phi) is 8.41. The molecule has 0 aliphatic carbocycles. The quantitative estimate of drug-likeness (QED) is 0.298. The van der Waals surface area contributed by atoms with Gasteiger partial charge in [-0.05, 0) is 6.42 Å². The first-order valence-corrected chi connectivity index (χ1v) is 9.95. The predicted octanol–water partition coefficient (Wildman–Crippen LogP) is -0.270. The number of unbranched alkanes of at least 4 members (excludes halogenated alkanes) is 1. The van der Waals surface area contributed by atoms with Crippen LogP contribution in [0.5, 0.6) is 0 Å². The van der Waals surface area contributed by atoms with E-state index < -0.39 is 59.4 Å². The predicted molar refractivity (Wildman–Crippen MR) is 87.5 cm³/mol. The Morgan fingerprint density at radius 3 is 2.27 bits per heavy atom. The second-order valence-electron chi connectivity index (χ2n) is 6.00. The second kappa shape index (κ2) is 9.60. The smallest absolute Gasteiger partial charge is 0.305 e. The third-order valence-corrected chi connectivity index (χ3v) is 4.15. The summed E-state index contributed by atoms with van der Waals surface area (Å²) >= 11 is 0. The third-order valence-electron chi connectivity index (χ3n) is 3.60. The Morgan fingerprint density at radius 2 is 1.81 bits per heavy atom. The van der Waals surface area contributed by atoms with Crippen LogP contribution in [0.4, 0.5) is 0 Å². The molecular weight excluding hydrogens is 372 g/mol. The van der Waals surface area contributed by atoms with E-state index in [0.29, 0.717) is 6.42 Å². The van der Waals surface area contributed by atoms with Crippen molar-refractivity contribution in [3.05, 3.63) is 0 Å². The van der Waals surface area contributed by atoms with Crippen LogP contribution in [-0.2, 0) is 42.8 Å². The highest BCUT2D eigenvalue weighted by Crippen LogP contribution is 2.37. The van der Waals surface area contributed by atoms with Gasteiger partial charge in [0.05, 0.1) is 12.9 Å². The van der Waals surface area contributed by atoms with Gasteiger partial charge in [-0.25, -0.2) is 0 Å². The lowest BCUT2D eigenvalue weighted by Crippen LogP contribution is -2.52. The average Bonchev–Trinajstić information content (AvgIpc) is 2.78. The molecule has 1 fully saturated rings. The number of rotatable bonds is 10. The number of aliphatic hydroxyl groups is 1. The summed E-state index contributed by atoms with van der Waals surface area (Å²) in [4.78, 5) is 22.8. The zero-order valence-corrected chi connectivity index (χ0v) is 16.1. The molecule has 0 aromatic rings. The van der Waals surface area contributed by atoms with Crippen molar-refractivity contribution in [2.45, 2.75) is 57.7 Å². The van der Waals surface area contributed by atoms with E-state index in [2.05, 4.69) is 0 Å². The molecule has 10 nitrogen and oxygen atoms in total. The lowest BCUT2D eigenvalue weighted by atomic mass is 9.96. The molecule has 1 saturated heterocycles. The first-order valence-electron chi connectivity index (χ1n) is 8.13. The van der Waals surface area contributed by atoms with Gasteiger partial charge in [0.15, 0.2) is 6.10 Å². The van der Waals surface area contributed by atoms with E-state index in [-0.39, 0.29) is 6.61 Å². The molecule has 1 N–H and O–H groups in total. The highest BCUT2D eigenvalue weighted by Gasteiger charge is 2.59. The standard InChI is InChI=1S/C15H26O10S/c1-5-6-7-21-13-12(23-10(2)17)14(24-11(3)18)25-15(13,8-16)9-22-26(4,19)20/h12-14,16H,5-9H2,1-4H3/t12?,13-,14?,15-/m1/s1. The van der Waals surface area contributed by atoms with E-state index in [0.717, 1.165) is 26.5 Å². The molecule has 2 unspecified atom stereocenters. The fourth-order valence-corrected chi connectivity index (χ4v) is 2.88. The number of ether oxygens (including phenoxy) is 4. The molecule has 4 atom stereocenters. The number of esters is 2. The van der Waals surface area contributed by atoms with Crippen molar-refractivity contribution in [2.75, 3.05) is 26.1 Å². The number of carbonyl (C=O) groups is 2. The SMILES string of the molecule is CCCCO[C@@H]1C(OC(C)=O)C(OC(C)=O)O[C@]1(CO)COS(C)(=O)=O. The molecule has 1 aliphatic rings. The molecule has 0 aromatic carbocycles. The third kappa shape index (κ3) is 6.47. The molecule has 1 aliphatic heterocycles. The van der Waals surface area contributed by atoms with E-state index >= 15 is 0 Å². The van der Waals surface area contributed by atoms with Crippen LogP contribution < -0.4 is 0 Å². The van der Waals surface area contributed by atoms with Gasteiger partial charge in [0.1, 0.15) is 18.3 Å². The van der Waals surface area contributed by atoms with Crippen LogP contribution in [-0.4, -0.2) is 75.6 Å². The van der Waals surface area contributed by atoms with Crippen molar-refractivity contribution in [1.29, 1.82) is 0 Å². The van der Waals surface area contributed by atoms with Crippen molar-refractivity contribution < 1.29 is 46.2 Å². The van der Waals surface area contributed by atoms with E-state index in [1.807, 2.05) is 6.92 Å². The highest BCUT2D eigenvalue weighted by molar-refractivity contribution is 7.85. The minimum atomic E-state index is -3.85. The Morgan fingerprint density at radius 1 is 1.19 bits per heavy atom. The zero-order valence-electron chi connectivity index (χ0n) is 15.3. The lowest BCUT2D eigenvalue weighted by molar-refractivity contribution is -0.213. The van der Waals surface area contributed by atoms with E-state index in [9.17, 15) is 23.1 Å². The molecule has 0 radical (unpaired) electrons. The van der Waals surface area contributed by atoms with Crippen molar-refractivity contribution in [2.24, 2.45) is 0 Å². The summed E-state index contributed by atoms with van der Waals surface area (Å²) in [5.74, 6) is -1.39. The molecule has 1 heterocycles. The molecule has 0 saturated carbocycles. The Hall–Kier alpha value is -1.27. The van der Waals surface area contributed by atoms with Gasteiger partial charge in [-0.2, -0.15) is 8.42 Å². The van der Waals surface area contributed by atoms with Crippen molar-refractivity contribution in [3.63, 3.8) is 0 Å². The molecule has 26 heavy (non-hydrogen) atoms. The first kappa shape index (κ1) is 22.8. The maximum atomic E-state index is 11.5. The minimum Gasteiger partial charge on any atom is -0.453 e. The first-order chi connectivity index (χ1) is 12.0. The van der Waals surface area contributed by atoms with Crippen LogP contribution in [0.3, 0.4) is 0 Å². The van der Waals surface area contributed by atoms with E-state index in [4.69, 9.17) is 23.1 Å². The topological polar surface area (TPSA) is 135 Å². The fourth-order valence-electron chi connectivity index (χ4n) is 2.47. The summed E-state index contributed by atoms with van der Waals surface area (Å²) in [5.41, 5.74) is -1.70. The summed E-state index contributed by atoms with van der Waals surface area (Å²) in [6.45, 7) is 3.14. The van der Waals surface area contributed by atoms with Crippen LogP contribution in [0.15, 0.2) is 0 Å². The monoisotopic (exact) mass is 398 g/mol. The van der Waals surface area contributed by atoms with Crippen LogP contribution in [0.25, 0.3) is 0 Å². The number of carbonyl (C=O) groups excluding carboxylic acids is 2. The molecule has 152 valence electrons. The molecule has 0 bridgehead atoms. The summed E-state index contributed by atoms with van der Waals surface area (Å²) in [5, 5.41) is 9.88. The Labute approximate surface area is 152 Å². The number of hydrogen-bond donors (Lipinski definition) is 1. The summed E-state index contributed by atoms with van der Waals surface area (Å²) in [7, 11) is -3.85. The van der Waals surface area contributed by atoms with Gasteiger partial charge in [0.25, 0.3) is 10.1 Å². The van der Waals surface area contributed by atoms with Crippen molar-refractivity contribution in [1.82, 2.24) is 0 Å². The Balaban J connectivity index is 3.18. The molecule has 11 heteroatoms. The van der Waals surface area contributed by atoms with Crippen molar-refractivity contribution in [3.8, 4) is 0 Å². The molecule has 0 spiro atoms. The maximum absolute atomic E-state index is 11.5. The normalized spacial score (nSPS) is 28.7. The van der Waals surface area contributed by atoms with Gasteiger partial charge >= 0.3 is 11.9 Å². The van der Waals surface area contributed by atoms with Gasteiger partial charge in [-0.3, -0.25) is 13.8 Å². The van der Waals surface area contributed by atoms with Crippen LogP contribution in [0.1, 0.15) is 33.6 Å². The molecule has 0 amide bonds. The minimum absolute atomic E-state index is 0.232. The van der Waals surface area contributed by atoms with Crippen LogP contribution >= 0.6 is 0 Å². The van der Waals surface area contributed by atoms with Crippen LogP contribution in [0.2, 0.25) is 0 Å². The van der Waals surface area contributed by atoms with E-state index in [1.54, 1.807) is 0 Å². The van der Waals surface area contributed by atoms with Gasteiger partial charge < -0.3 is 24.1 Å². The number of hydrogen-bond acceptors (Lipinski definition) is 10. The summed E-state index contributed by atoms with van der Waals surface area (Å²) in [6.07, 6.45) is -1.36. The maximum Gasteiger partial charge on any atom is 0.305 e. The van der Waals surface area contributed by atoms with Gasteiger partial charge in [-0.15, -0.1) is 0 Å². The number of aliphatic hydroxyl groups excluding tert-OH is 1. The highest BCUT2D eigenvalue weighted by atomic mass is 32.2. The molecule has 1 rings (SSSR count). The van der Waals surface area contributed by atoms with Gasteiger partial charge in [0, 0.05) is 20.5 Å².